The molecule has 3 N–H and O–H groups in total. The Labute approximate surface area is 121 Å². The number of nitrogens with two attached hydrogens (primary N) is 1. The molecule has 0 aliphatic heterocycles. The minimum atomic E-state index is -0.240. The molecule has 2 aromatic rings. The number of rotatable bonds is 2. The zero-order valence-electron chi connectivity index (χ0n) is 8.68. The lowest BCUT2D eigenvalue weighted by atomic mass is 10.2. The topological polar surface area (TPSA) is 38.0 Å². The van der Waals surface area contributed by atoms with Crippen LogP contribution in [0.25, 0.3) is 0 Å². The largest absolute Gasteiger partial charge is 0.399 e. The fourth-order valence-corrected chi connectivity index (χ4v) is 2.48. The van der Waals surface area contributed by atoms with Gasteiger partial charge in [-0.25, -0.2) is 4.39 Å². The van der Waals surface area contributed by atoms with Crippen LogP contribution in [0.2, 0.25) is 0 Å². The van der Waals surface area contributed by atoms with Crippen LogP contribution in [0.4, 0.5) is 21.5 Å². The first-order valence-electron chi connectivity index (χ1n) is 4.83. The van der Waals surface area contributed by atoms with Crippen LogP contribution in [0, 0.1) is 9.39 Å². The Balaban J connectivity index is 2.31. The van der Waals surface area contributed by atoms with Gasteiger partial charge in [-0.1, -0.05) is 0 Å². The molecule has 88 valence electrons. The van der Waals surface area contributed by atoms with Crippen LogP contribution >= 0.6 is 38.5 Å². The van der Waals surface area contributed by atoms with Gasteiger partial charge in [-0.2, -0.15) is 0 Å². The number of hydrogen-bond acceptors (Lipinski definition) is 2. The summed E-state index contributed by atoms with van der Waals surface area (Å²) in [6.45, 7) is 0. The number of anilines is 3. The molecule has 0 amide bonds. The number of benzene rings is 2. The van der Waals surface area contributed by atoms with Crippen molar-refractivity contribution in [1.82, 2.24) is 0 Å². The van der Waals surface area contributed by atoms with Gasteiger partial charge in [0.1, 0.15) is 5.82 Å². The van der Waals surface area contributed by atoms with E-state index in [2.05, 4.69) is 43.8 Å². The minimum Gasteiger partial charge on any atom is -0.399 e. The molecule has 17 heavy (non-hydrogen) atoms. The van der Waals surface area contributed by atoms with E-state index in [9.17, 15) is 4.39 Å². The summed E-state index contributed by atoms with van der Waals surface area (Å²) in [6, 6.07) is 10.1. The summed E-state index contributed by atoms with van der Waals surface area (Å²) in [7, 11) is 0. The third-order valence-corrected chi connectivity index (χ3v) is 3.74. The first-order chi connectivity index (χ1) is 8.06. The van der Waals surface area contributed by atoms with Crippen LogP contribution in [-0.2, 0) is 0 Å². The Morgan fingerprint density at radius 2 is 1.82 bits per heavy atom. The highest BCUT2D eigenvalue weighted by Gasteiger charge is 2.04. The molecule has 0 aliphatic carbocycles. The molecule has 0 heterocycles. The predicted octanol–water partition coefficient (Wildman–Crippen LogP) is 4.52. The molecule has 0 aromatic heterocycles. The molecular weight excluding hydrogens is 398 g/mol. The van der Waals surface area contributed by atoms with Gasteiger partial charge in [0.25, 0.3) is 0 Å². The van der Waals surface area contributed by atoms with Gasteiger partial charge in [-0.05, 0) is 74.9 Å². The molecule has 0 unspecified atom stereocenters. The van der Waals surface area contributed by atoms with Crippen LogP contribution in [0.3, 0.4) is 0 Å². The van der Waals surface area contributed by atoms with E-state index in [1.165, 1.54) is 12.1 Å². The van der Waals surface area contributed by atoms with Gasteiger partial charge in [0, 0.05) is 13.7 Å². The molecule has 2 nitrogen and oxygen atoms in total. The fraction of sp³-hybridized carbons (Fsp3) is 0. The molecule has 2 aromatic carbocycles. The zero-order valence-corrected chi connectivity index (χ0v) is 12.4. The summed E-state index contributed by atoms with van der Waals surface area (Å²) in [4.78, 5) is 0. The Bertz CT molecular complexity index is 511. The van der Waals surface area contributed by atoms with Crippen molar-refractivity contribution in [3.05, 3.63) is 50.3 Å². The summed E-state index contributed by atoms with van der Waals surface area (Å²) < 4.78 is 14.7. The first-order valence-corrected chi connectivity index (χ1v) is 6.70. The van der Waals surface area contributed by atoms with E-state index >= 15 is 0 Å². The van der Waals surface area contributed by atoms with Crippen molar-refractivity contribution in [2.24, 2.45) is 0 Å². The number of nitrogen functional groups attached to an aromatic ring is 1. The van der Waals surface area contributed by atoms with Crippen molar-refractivity contribution in [2.45, 2.75) is 0 Å². The number of nitrogens with one attached hydrogen (secondary N) is 1. The lowest BCUT2D eigenvalue weighted by molar-refractivity contribution is 0.627. The Morgan fingerprint density at radius 1 is 1.12 bits per heavy atom. The van der Waals surface area contributed by atoms with E-state index in [1.54, 1.807) is 6.07 Å². The van der Waals surface area contributed by atoms with Gasteiger partial charge in [0.05, 0.1) is 11.4 Å². The van der Waals surface area contributed by atoms with Crippen LogP contribution in [0.5, 0.6) is 0 Å². The molecule has 0 bridgehead atoms. The molecule has 0 aliphatic rings. The summed E-state index contributed by atoms with van der Waals surface area (Å²) in [6.07, 6.45) is 0. The van der Waals surface area contributed by atoms with Gasteiger partial charge >= 0.3 is 0 Å². The maximum absolute atomic E-state index is 13.0. The van der Waals surface area contributed by atoms with E-state index < -0.39 is 0 Å². The highest BCUT2D eigenvalue weighted by molar-refractivity contribution is 14.1. The van der Waals surface area contributed by atoms with Gasteiger partial charge in [-0.3, -0.25) is 0 Å². The lowest BCUT2D eigenvalue weighted by Gasteiger charge is -2.10. The lowest BCUT2D eigenvalue weighted by Crippen LogP contribution is -1.95. The maximum Gasteiger partial charge on any atom is 0.124 e. The number of hydrogen-bond donors (Lipinski definition) is 2. The maximum atomic E-state index is 13.0. The molecule has 2 rings (SSSR count). The predicted molar refractivity (Wildman–Crippen MR) is 81.0 cm³/mol. The average molecular weight is 407 g/mol. The summed E-state index contributed by atoms with van der Waals surface area (Å²) in [5, 5.41) is 3.22. The standard InChI is InChI=1S/C12H9BrFIN2/c13-9-6-8(16)2-4-11(9)17-12-3-1-7(14)5-10(12)15/h1-6,17H,16H2. The molecule has 0 fully saturated rings. The van der Waals surface area contributed by atoms with E-state index in [-0.39, 0.29) is 5.82 Å². The average Bonchev–Trinajstić information content (AvgIpc) is 2.25. The van der Waals surface area contributed by atoms with Crippen molar-refractivity contribution >= 4 is 55.6 Å². The third-order valence-electron chi connectivity index (χ3n) is 2.19. The van der Waals surface area contributed by atoms with E-state index in [0.29, 0.717) is 5.69 Å². The molecule has 0 saturated carbocycles. The molecule has 0 spiro atoms. The molecule has 0 saturated heterocycles. The summed E-state index contributed by atoms with van der Waals surface area (Å²) in [5.74, 6) is -0.240. The Morgan fingerprint density at radius 3 is 2.47 bits per heavy atom. The minimum absolute atomic E-state index is 0.240. The quantitative estimate of drug-likeness (QED) is 0.568. The van der Waals surface area contributed by atoms with Gasteiger partial charge < -0.3 is 11.1 Å². The molecule has 0 atom stereocenters. The van der Waals surface area contributed by atoms with Crippen LogP contribution in [0.1, 0.15) is 0 Å². The monoisotopic (exact) mass is 406 g/mol. The van der Waals surface area contributed by atoms with Crippen molar-refractivity contribution < 1.29 is 4.39 Å². The van der Waals surface area contributed by atoms with Crippen molar-refractivity contribution in [3.63, 3.8) is 0 Å². The second-order valence-electron chi connectivity index (χ2n) is 3.49. The van der Waals surface area contributed by atoms with E-state index in [0.717, 1.165) is 19.4 Å². The van der Waals surface area contributed by atoms with E-state index in [4.69, 9.17) is 5.73 Å². The molecule has 5 heteroatoms. The molecule has 0 radical (unpaired) electrons. The normalized spacial score (nSPS) is 10.3. The van der Waals surface area contributed by atoms with Crippen molar-refractivity contribution in [2.75, 3.05) is 11.1 Å². The second-order valence-corrected chi connectivity index (χ2v) is 5.50. The third kappa shape index (κ3) is 3.10. The first kappa shape index (κ1) is 12.6. The van der Waals surface area contributed by atoms with Gasteiger partial charge in [0.15, 0.2) is 0 Å². The van der Waals surface area contributed by atoms with Gasteiger partial charge in [0.2, 0.25) is 0 Å². The van der Waals surface area contributed by atoms with Crippen LogP contribution in [-0.4, -0.2) is 0 Å². The zero-order chi connectivity index (χ0) is 12.4. The SMILES string of the molecule is Nc1ccc(Nc2ccc(F)cc2I)c(Br)c1. The van der Waals surface area contributed by atoms with Crippen LogP contribution < -0.4 is 11.1 Å². The van der Waals surface area contributed by atoms with Crippen molar-refractivity contribution in [1.29, 1.82) is 0 Å². The molecular formula is C12H9BrFIN2. The van der Waals surface area contributed by atoms with Gasteiger partial charge in [-0.15, -0.1) is 0 Å². The second kappa shape index (κ2) is 5.22. The fourth-order valence-electron chi connectivity index (χ4n) is 1.37. The summed E-state index contributed by atoms with van der Waals surface area (Å²) in [5.41, 5.74) is 8.10. The Kier molecular flexibility index (Phi) is 3.88. The number of halogens is 3. The summed E-state index contributed by atoms with van der Waals surface area (Å²) >= 11 is 5.51. The van der Waals surface area contributed by atoms with Crippen molar-refractivity contribution in [3.8, 4) is 0 Å². The smallest absolute Gasteiger partial charge is 0.124 e. The van der Waals surface area contributed by atoms with E-state index in [1.807, 2.05) is 18.2 Å². The highest BCUT2D eigenvalue weighted by Crippen LogP contribution is 2.29. The van der Waals surface area contributed by atoms with Crippen LogP contribution in [0.15, 0.2) is 40.9 Å². The Hall–Kier alpha value is -0.820. The highest BCUT2D eigenvalue weighted by atomic mass is 127.